The van der Waals surface area contributed by atoms with Gasteiger partial charge in [-0.2, -0.15) is 0 Å². The molecule has 2 aromatic rings. The van der Waals surface area contributed by atoms with E-state index in [1.165, 1.54) is 0 Å². The number of nitrogens with zero attached hydrogens (tertiary/aromatic N) is 1. The van der Waals surface area contributed by atoms with Crippen LogP contribution in [-0.4, -0.2) is 18.6 Å². The second kappa shape index (κ2) is 7.50. The summed E-state index contributed by atoms with van der Waals surface area (Å²) in [5, 5.41) is 3.30. The van der Waals surface area contributed by atoms with Gasteiger partial charge in [0, 0.05) is 18.3 Å². The van der Waals surface area contributed by atoms with E-state index in [0.717, 1.165) is 35.8 Å². The van der Waals surface area contributed by atoms with Gasteiger partial charge in [0.2, 0.25) is 0 Å². The second-order valence-corrected chi connectivity index (χ2v) is 4.34. The molecule has 0 atom stereocenters. The highest BCUT2D eigenvalue weighted by Gasteiger charge is 2.10. The van der Waals surface area contributed by atoms with Crippen LogP contribution in [0.4, 0.5) is 0 Å². The van der Waals surface area contributed by atoms with Crippen LogP contribution in [0.25, 0.3) is 0 Å². The topological polar surface area (TPSA) is 43.4 Å². The van der Waals surface area contributed by atoms with Gasteiger partial charge in [-0.3, -0.25) is 4.98 Å². The molecule has 2 rings (SSSR count). The van der Waals surface area contributed by atoms with Crippen LogP contribution in [0.5, 0.6) is 11.5 Å². The van der Waals surface area contributed by atoms with E-state index in [0.29, 0.717) is 6.61 Å². The van der Waals surface area contributed by atoms with Gasteiger partial charge in [-0.25, -0.2) is 0 Å². The van der Waals surface area contributed by atoms with E-state index in [2.05, 4.69) is 17.2 Å². The first-order valence-corrected chi connectivity index (χ1v) is 6.74. The molecular formula is C16H20N2O2. The lowest BCUT2D eigenvalue weighted by Gasteiger charge is -2.15. The lowest BCUT2D eigenvalue weighted by atomic mass is 10.2. The summed E-state index contributed by atoms with van der Waals surface area (Å²) >= 11 is 0. The Hall–Kier alpha value is -2.07. The molecule has 4 nitrogen and oxygen atoms in total. The van der Waals surface area contributed by atoms with Crippen molar-refractivity contribution >= 4 is 0 Å². The quantitative estimate of drug-likeness (QED) is 0.841. The van der Waals surface area contributed by atoms with E-state index in [9.17, 15) is 0 Å². The minimum atomic E-state index is 0.431. The first kappa shape index (κ1) is 14.3. The number of pyridine rings is 1. The number of para-hydroxylation sites is 1. The average molecular weight is 272 g/mol. The van der Waals surface area contributed by atoms with Gasteiger partial charge in [0.1, 0.15) is 6.61 Å². The lowest BCUT2D eigenvalue weighted by molar-refractivity contribution is 0.277. The molecule has 0 bridgehead atoms. The van der Waals surface area contributed by atoms with Crippen molar-refractivity contribution in [2.24, 2.45) is 0 Å². The Kier molecular flexibility index (Phi) is 5.38. The Morgan fingerprint density at radius 1 is 1.15 bits per heavy atom. The Morgan fingerprint density at radius 3 is 2.75 bits per heavy atom. The van der Waals surface area contributed by atoms with Crippen LogP contribution in [0.15, 0.2) is 42.6 Å². The molecule has 0 radical (unpaired) electrons. The summed E-state index contributed by atoms with van der Waals surface area (Å²) in [6.07, 6.45) is 1.76. The van der Waals surface area contributed by atoms with E-state index in [-0.39, 0.29) is 0 Å². The molecule has 0 saturated carbocycles. The van der Waals surface area contributed by atoms with E-state index >= 15 is 0 Å². The summed E-state index contributed by atoms with van der Waals surface area (Å²) in [7, 11) is 1.65. The van der Waals surface area contributed by atoms with Crippen molar-refractivity contribution in [2.45, 2.75) is 20.1 Å². The maximum absolute atomic E-state index is 5.91. The number of rotatable bonds is 7. The summed E-state index contributed by atoms with van der Waals surface area (Å²) < 4.78 is 11.3. The molecule has 1 aromatic carbocycles. The molecule has 106 valence electrons. The van der Waals surface area contributed by atoms with Crippen molar-refractivity contribution in [3.8, 4) is 11.5 Å². The SMILES string of the molecule is CCNCc1cccc(OC)c1OCc1ccccn1. The zero-order valence-corrected chi connectivity index (χ0v) is 11.9. The highest BCUT2D eigenvalue weighted by molar-refractivity contribution is 5.46. The summed E-state index contributed by atoms with van der Waals surface area (Å²) in [6, 6.07) is 11.7. The fourth-order valence-corrected chi connectivity index (χ4v) is 1.91. The van der Waals surface area contributed by atoms with Crippen LogP contribution < -0.4 is 14.8 Å². The van der Waals surface area contributed by atoms with Crippen molar-refractivity contribution in [3.63, 3.8) is 0 Å². The summed E-state index contributed by atoms with van der Waals surface area (Å²) in [6.45, 7) is 4.18. The largest absolute Gasteiger partial charge is 0.493 e. The van der Waals surface area contributed by atoms with Crippen LogP contribution in [0.3, 0.4) is 0 Å². The van der Waals surface area contributed by atoms with Crippen LogP contribution >= 0.6 is 0 Å². The molecule has 1 aromatic heterocycles. The van der Waals surface area contributed by atoms with Gasteiger partial charge in [-0.1, -0.05) is 25.1 Å². The molecule has 0 saturated heterocycles. The normalized spacial score (nSPS) is 10.3. The van der Waals surface area contributed by atoms with Gasteiger partial charge in [0.15, 0.2) is 11.5 Å². The maximum atomic E-state index is 5.91. The minimum Gasteiger partial charge on any atom is -0.493 e. The van der Waals surface area contributed by atoms with Crippen molar-refractivity contribution in [1.82, 2.24) is 10.3 Å². The van der Waals surface area contributed by atoms with Gasteiger partial charge < -0.3 is 14.8 Å². The summed E-state index contributed by atoms with van der Waals surface area (Å²) in [5.41, 5.74) is 1.98. The molecule has 0 aliphatic rings. The van der Waals surface area contributed by atoms with Gasteiger partial charge in [-0.05, 0) is 24.7 Å². The molecule has 0 aliphatic carbocycles. The van der Waals surface area contributed by atoms with Crippen LogP contribution in [-0.2, 0) is 13.2 Å². The number of methoxy groups -OCH3 is 1. The molecular weight excluding hydrogens is 252 g/mol. The molecule has 1 N–H and O–H groups in total. The average Bonchev–Trinajstić information content (AvgIpc) is 2.52. The zero-order chi connectivity index (χ0) is 14.2. The minimum absolute atomic E-state index is 0.431. The molecule has 0 aliphatic heterocycles. The maximum Gasteiger partial charge on any atom is 0.166 e. The standard InChI is InChI=1S/C16H20N2O2/c1-3-17-11-13-7-6-9-15(19-2)16(13)20-12-14-8-4-5-10-18-14/h4-10,17H,3,11-12H2,1-2H3. The van der Waals surface area contributed by atoms with E-state index in [4.69, 9.17) is 9.47 Å². The Labute approximate surface area is 119 Å². The van der Waals surface area contributed by atoms with E-state index in [1.54, 1.807) is 13.3 Å². The van der Waals surface area contributed by atoms with Crippen molar-refractivity contribution in [2.75, 3.05) is 13.7 Å². The Balaban J connectivity index is 2.15. The Morgan fingerprint density at radius 2 is 2.05 bits per heavy atom. The third-order valence-electron chi connectivity index (χ3n) is 2.94. The van der Waals surface area contributed by atoms with Gasteiger partial charge in [0.25, 0.3) is 0 Å². The second-order valence-electron chi connectivity index (χ2n) is 4.34. The van der Waals surface area contributed by atoms with Crippen molar-refractivity contribution in [3.05, 3.63) is 53.9 Å². The fourth-order valence-electron chi connectivity index (χ4n) is 1.91. The summed E-state index contributed by atoms with van der Waals surface area (Å²) in [4.78, 5) is 4.26. The predicted octanol–water partition coefficient (Wildman–Crippen LogP) is 2.78. The fraction of sp³-hybridized carbons (Fsp3) is 0.312. The van der Waals surface area contributed by atoms with Gasteiger partial charge >= 0.3 is 0 Å². The molecule has 20 heavy (non-hydrogen) atoms. The molecule has 4 heteroatoms. The third-order valence-corrected chi connectivity index (χ3v) is 2.94. The number of benzene rings is 1. The highest BCUT2D eigenvalue weighted by Crippen LogP contribution is 2.31. The van der Waals surface area contributed by atoms with E-state index in [1.807, 2.05) is 36.4 Å². The van der Waals surface area contributed by atoms with E-state index < -0.39 is 0 Å². The smallest absolute Gasteiger partial charge is 0.166 e. The lowest BCUT2D eigenvalue weighted by Crippen LogP contribution is -2.13. The van der Waals surface area contributed by atoms with Crippen molar-refractivity contribution in [1.29, 1.82) is 0 Å². The number of nitrogens with one attached hydrogen (secondary N) is 1. The Bertz CT molecular complexity index is 529. The van der Waals surface area contributed by atoms with Gasteiger partial charge in [0.05, 0.1) is 12.8 Å². The number of hydrogen-bond donors (Lipinski definition) is 1. The van der Waals surface area contributed by atoms with Crippen LogP contribution in [0.2, 0.25) is 0 Å². The van der Waals surface area contributed by atoms with Gasteiger partial charge in [-0.15, -0.1) is 0 Å². The molecule has 0 spiro atoms. The molecule has 1 heterocycles. The van der Waals surface area contributed by atoms with Crippen LogP contribution in [0.1, 0.15) is 18.2 Å². The number of ether oxygens (including phenoxy) is 2. The highest BCUT2D eigenvalue weighted by atomic mass is 16.5. The first-order valence-electron chi connectivity index (χ1n) is 6.74. The molecule has 0 unspecified atom stereocenters. The number of aromatic nitrogens is 1. The monoisotopic (exact) mass is 272 g/mol. The zero-order valence-electron chi connectivity index (χ0n) is 11.9. The number of hydrogen-bond acceptors (Lipinski definition) is 4. The first-order chi connectivity index (χ1) is 9.85. The molecule has 0 fully saturated rings. The predicted molar refractivity (Wildman–Crippen MR) is 78.9 cm³/mol. The third kappa shape index (κ3) is 3.71. The van der Waals surface area contributed by atoms with Crippen molar-refractivity contribution < 1.29 is 9.47 Å². The summed E-state index contributed by atoms with van der Waals surface area (Å²) in [5.74, 6) is 1.53. The molecule has 0 amide bonds. The van der Waals surface area contributed by atoms with Crippen LogP contribution in [0, 0.1) is 0 Å².